The predicted octanol–water partition coefficient (Wildman–Crippen LogP) is 2.11. The first kappa shape index (κ1) is 12.0. The van der Waals surface area contributed by atoms with Crippen molar-refractivity contribution in [3.63, 3.8) is 0 Å². The van der Waals surface area contributed by atoms with Crippen LogP contribution >= 0.6 is 0 Å². The lowest BCUT2D eigenvalue weighted by molar-refractivity contribution is 0.241. The van der Waals surface area contributed by atoms with Gasteiger partial charge in [0.05, 0.1) is 0 Å². The van der Waals surface area contributed by atoms with E-state index in [1.165, 1.54) is 45.4 Å². The highest BCUT2D eigenvalue weighted by atomic mass is 15.1. The van der Waals surface area contributed by atoms with Crippen LogP contribution in [0.4, 0.5) is 0 Å². The van der Waals surface area contributed by atoms with Gasteiger partial charge in [-0.1, -0.05) is 27.2 Å². The summed E-state index contributed by atoms with van der Waals surface area (Å²) in [6, 6.07) is 0.742. The third-order valence-electron chi connectivity index (χ3n) is 3.42. The topological polar surface area (TPSA) is 15.3 Å². The van der Waals surface area contributed by atoms with Crippen LogP contribution in [-0.4, -0.2) is 37.1 Å². The summed E-state index contributed by atoms with van der Waals surface area (Å²) in [5.74, 6) is 0.866. The summed E-state index contributed by atoms with van der Waals surface area (Å²) in [5, 5.41) is 3.61. The lowest BCUT2D eigenvalue weighted by atomic mass is 10.0. The first-order valence-electron chi connectivity index (χ1n) is 6.23. The van der Waals surface area contributed by atoms with Gasteiger partial charge >= 0.3 is 0 Å². The molecule has 14 heavy (non-hydrogen) atoms. The van der Waals surface area contributed by atoms with E-state index in [1.807, 2.05) is 0 Å². The summed E-state index contributed by atoms with van der Waals surface area (Å²) in [4.78, 5) is 2.59. The molecular weight excluding hydrogens is 172 g/mol. The molecule has 1 aliphatic heterocycles. The Hall–Kier alpha value is -0.0800. The highest BCUT2D eigenvalue weighted by Gasteiger charge is 2.23. The molecule has 1 rings (SSSR count). The smallest absolute Gasteiger partial charge is 0.0221 e. The van der Waals surface area contributed by atoms with Gasteiger partial charge < -0.3 is 10.2 Å². The Morgan fingerprint density at radius 3 is 2.64 bits per heavy atom. The summed E-state index contributed by atoms with van der Waals surface area (Å²) in [6.07, 6.45) is 4.01. The van der Waals surface area contributed by atoms with Crippen molar-refractivity contribution in [1.82, 2.24) is 10.2 Å². The van der Waals surface area contributed by atoms with E-state index in [-0.39, 0.29) is 0 Å². The molecule has 1 saturated heterocycles. The molecule has 0 bridgehead atoms. The quantitative estimate of drug-likeness (QED) is 0.703. The second-order valence-electron chi connectivity index (χ2n) is 4.57. The SMILES string of the molecule is CCCCN(CC)CC1NCCC1C. The summed E-state index contributed by atoms with van der Waals surface area (Å²) in [7, 11) is 0. The molecule has 0 radical (unpaired) electrons. The third kappa shape index (κ3) is 3.58. The van der Waals surface area contributed by atoms with Crippen molar-refractivity contribution in [3.8, 4) is 0 Å². The lowest BCUT2D eigenvalue weighted by Gasteiger charge is -2.26. The van der Waals surface area contributed by atoms with Crippen LogP contribution in [0.3, 0.4) is 0 Å². The van der Waals surface area contributed by atoms with Crippen LogP contribution < -0.4 is 5.32 Å². The van der Waals surface area contributed by atoms with E-state index in [2.05, 4.69) is 31.0 Å². The van der Waals surface area contributed by atoms with Gasteiger partial charge in [0.1, 0.15) is 0 Å². The molecule has 1 heterocycles. The molecule has 1 N–H and O–H groups in total. The number of likely N-dealkylation sites (N-methyl/N-ethyl adjacent to an activating group) is 1. The summed E-state index contributed by atoms with van der Waals surface area (Å²) < 4.78 is 0. The van der Waals surface area contributed by atoms with Gasteiger partial charge in [-0.2, -0.15) is 0 Å². The maximum absolute atomic E-state index is 3.61. The molecule has 0 aromatic heterocycles. The Morgan fingerprint density at radius 2 is 2.14 bits per heavy atom. The second kappa shape index (κ2) is 6.41. The van der Waals surface area contributed by atoms with Crippen molar-refractivity contribution in [2.75, 3.05) is 26.2 Å². The average molecular weight is 198 g/mol. The van der Waals surface area contributed by atoms with Crippen LogP contribution in [0, 0.1) is 5.92 Å². The minimum absolute atomic E-state index is 0.742. The minimum Gasteiger partial charge on any atom is -0.312 e. The van der Waals surface area contributed by atoms with Crippen molar-refractivity contribution in [3.05, 3.63) is 0 Å². The Bertz CT molecular complexity index is 147. The summed E-state index contributed by atoms with van der Waals surface area (Å²) in [5.41, 5.74) is 0. The van der Waals surface area contributed by atoms with E-state index in [1.54, 1.807) is 0 Å². The average Bonchev–Trinajstić information content (AvgIpc) is 2.59. The fraction of sp³-hybridized carbons (Fsp3) is 1.00. The highest BCUT2D eigenvalue weighted by molar-refractivity contribution is 4.83. The fourth-order valence-corrected chi connectivity index (χ4v) is 2.18. The predicted molar refractivity (Wildman–Crippen MR) is 62.6 cm³/mol. The van der Waals surface area contributed by atoms with Crippen LogP contribution in [-0.2, 0) is 0 Å². The number of rotatable bonds is 6. The van der Waals surface area contributed by atoms with Crippen LogP contribution in [0.1, 0.15) is 40.0 Å². The maximum Gasteiger partial charge on any atom is 0.0221 e. The minimum atomic E-state index is 0.742. The lowest BCUT2D eigenvalue weighted by Crippen LogP contribution is -2.40. The Kier molecular flexibility index (Phi) is 5.49. The number of hydrogen-bond acceptors (Lipinski definition) is 2. The van der Waals surface area contributed by atoms with Crippen molar-refractivity contribution < 1.29 is 0 Å². The number of unbranched alkanes of at least 4 members (excludes halogenated alkanes) is 1. The molecule has 2 atom stereocenters. The molecule has 2 heteroatoms. The van der Waals surface area contributed by atoms with Gasteiger partial charge in [0, 0.05) is 12.6 Å². The molecule has 0 saturated carbocycles. The zero-order valence-corrected chi connectivity index (χ0v) is 10.1. The van der Waals surface area contributed by atoms with Crippen molar-refractivity contribution >= 4 is 0 Å². The fourth-order valence-electron chi connectivity index (χ4n) is 2.18. The van der Waals surface area contributed by atoms with Crippen LogP contribution in [0.25, 0.3) is 0 Å². The van der Waals surface area contributed by atoms with Gasteiger partial charge in [-0.3, -0.25) is 0 Å². The van der Waals surface area contributed by atoms with E-state index in [4.69, 9.17) is 0 Å². The Labute approximate surface area is 89.1 Å². The van der Waals surface area contributed by atoms with E-state index < -0.39 is 0 Å². The third-order valence-corrected chi connectivity index (χ3v) is 3.42. The standard InChI is InChI=1S/C12H26N2/c1-4-6-9-14(5-2)10-12-11(3)7-8-13-12/h11-13H,4-10H2,1-3H3. The van der Waals surface area contributed by atoms with Crippen LogP contribution in [0.5, 0.6) is 0 Å². The highest BCUT2D eigenvalue weighted by Crippen LogP contribution is 2.15. The molecule has 1 aliphatic rings. The number of hydrogen-bond donors (Lipinski definition) is 1. The Balaban J connectivity index is 2.24. The molecule has 84 valence electrons. The van der Waals surface area contributed by atoms with E-state index in [9.17, 15) is 0 Å². The monoisotopic (exact) mass is 198 g/mol. The molecule has 0 aromatic rings. The summed E-state index contributed by atoms with van der Waals surface area (Å²) in [6.45, 7) is 11.9. The molecule has 0 spiro atoms. The zero-order chi connectivity index (χ0) is 10.4. The molecule has 2 nitrogen and oxygen atoms in total. The van der Waals surface area contributed by atoms with Gasteiger partial charge in [0.2, 0.25) is 0 Å². The van der Waals surface area contributed by atoms with Crippen LogP contribution in [0.15, 0.2) is 0 Å². The van der Waals surface area contributed by atoms with Gasteiger partial charge in [-0.25, -0.2) is 0 Å². The first-order valence-corrected chi connectivity index (χ1v) is 6.23. The Morgan fingerprint density at radius 1 is 1.36 bits per heavy atom. The van der Waals surface area contributed by atoms with Crippen LogP contribution in [0.2, 0.25) is 0 Å². The van der Waals surface area contributed by atoms with E-state index in [0.717, 1.165) is 12.0 Å². The van der Waals surface area contributed by atoms with E-state index >= 15 is 0 Å². The maximum atomic E-state index is 3.61. The van der Waals surface area contributed by atoms with Gasteiger partial charge in [-0.15, -0.1) is 0 Å². The second-order valence-corrected chi connectivity index (χ2v) is 4.57. The first-order chi connectivity index (χ1) is 6.77. The van der Waals surface area contributed by atoms with Gasteiger partial charge in [0.25, 0.3) is 0 Å². The molecule has 1 fully saturated rings. The number of nitrogens with one attached hydrogen (secondary N) is 1. The molecule has 0 aliphatic carbocycles. The largest absolute Gasteiger partial charge is 0.312 e. The van der Waals surface area contributed by atoms with Gasteiger partial charge in [-0.05, 0) is 38.4 Å². The number of nitrogens with zero attached hydrogens (tertiary/aromatic N) is 1. The van der Waals surface area contributed by atoms with Crippen molar-refractivity contribution in [2.24, 2.45) is 5.92 Å². The van der Waals surface area contributed by atoms with E-state index in [0.29, 0.717) is 0 Å². The summed E-state index contributed by atoms with van der Waals surface area (Å²) >= 11 is 0. The van der Waals surface area contributed by atoms with Crippen molar-refractivity contribution in [1.29, 1.82) is 0 Å². The molecule has 0 amide bonds. The zero-order valence-electron chi connectivity index (χ0n) is 10.1. The molecule has 2 unspecified atom stereocenters. The normalized spacial score (nSPS) is 27.4. The molecule has 0 aromatic carbocycles. The van der Waals surface area contributed by atoms with Gasteiger partial charge in [0.15, 0.2) is 0 Å². The molecular formula is C12H26N2. The van der Waals surface area contributed by atoms with Crippen molar-refractivity contribution in [2.45, 2.75) is 46.1 Å².